The van der Waals surface area contributed by atoms with Crippen LogP contribution in [0.4, 0.5) is 0 Å². The summed E-state index contributed by atoms with van der Waals surface area (Å²) in [6.45, 7) is 12.9. The first-order valence-corrected chi connectivity index (χ1v) is 25.0. The van der Waals surface area contributed by atoms with E-state index in [4.69, 9.17) is 28.4 Å². The van der Waals surface area contributed by atoms with E-state index in [1.54, 1.807) is 41.1 Å². The summed E-state index contributed by atoms with van der Waals surface area (Å²) >= 11 is 0. The Morgan fingerprint density at radius 3 is 2.26 bits per heavy atom. The van der Waals surface area contributed by atoms with Crippen molar-refractivity contribution in [1.82, 2.24) is 4.90 Å². The predicted molar refractivity (Wildman–Crippen MR) is 256 cm³/mol. The van der Waals surface area contributed by atoms with Crippen LogP contribution in [0.2, 0.25) is 0 Å². The molecule has 0 spiro atoms. The molecule has 3 aliphatic heterocycles. The molecule has 0 aromatic rings. The first kappa shape index (κ1) is 57.2. The van der Waals surface area contributed by atoms with Gasteiger partial charge in [-0.25, -0.2) is 4.79 Å². The summed E-state index contributed by atoms with van der Waals surface area (Å²) in [6.07, 6.45) is 12.0. The monoisotopic (exact) mass is 958 g/mol. The van der Waals surface area contributed by atoms with Crippen LogP contribution in [0.15, 0.2) is 47.6 Å². The molecule has 0 aromatic heterocycles. The lowest BCUT2D eigenvalue weighted by Crippen LogP contribution is -2.61. The van der Waals surface area contributed by atoms with Gasteiger partial charge in [-0.3, -0.25) is 19.2 Å². The summed E-state index contributed by atoms with van der Waals surface area (Å²) in [7, 11) is 4.58. The zero-order valence-electron chi connectivity index (χ0n) is 42.4. The highest BCUT2D eigenvalue weighted by molar-refractivity contribution is 6.39. The molecule has 0 aromatic carbocycles. The van der Waals surface area contributed by atoms with Gasteiger partial charge in [0, 0.05) is 58.5 Å². The Labute approximate surface area is 405 Å². The van der Waals surface area contributed by atoms with Gasteiger partial charge in [0.15, 0.2) is 5.78 Å². The summed E-state index contributed by atoms with van der Waals surface area (Å²) in [5.41, 5.74) is 1.26. The molecule has 15 nitrogen and oxygen atoms in total. The Morgan fingerprint density at radius 1 is 0.853 bits per heavy atom. The van der Waals surface area contributed by atoms with Crippen LogP contribution < -0.4 is 0 Å². The van der Waals surface area contributed by atoms with Crippen molar-refractivity contribution in [2.45, 2.75) is 180 Å². The van der Waals surface area contributed by atoms with Crippen molar-refractivity contribution >= 4 is 29.2 Å². The fourth-order valence-corrected chi connectivity index (χ4v) is 10.5. The molecule has 0 unspecified atom stereocenters. The number of nitrogens with zero attached hydrogens (tertiary/aromatic N) is 1. The van der Waals surface area contributed by atoms with Crippen LogP contribution in [0, 0.1) is 35.5 Å². The van der Waals surface area contributed by atoms with Gasteiger partial charge in [-0.2, -0.15) is 0 Å². The van der Waals surface area contributed by atoms with Crippen LogP contribution in [0.1, 0.15) is 126 Å². The molecular weight excluding hydrogens is 875 g/mol. The average Bonchev–Trinajstić information content (AvgIpc) is 3.32. The standard InChI is InChI=1S/C53H83NO14/c1-32-16-12-11-13-17-33(2)44(63-8)30-40-21-19-38(7)53(62,68-40)50(59)51(60)54-23-15-14-18-41(54)52(61)67-45(35(4)28-39-20-22-43(66-25-24-55)46(29-39)64-9)31-42(56)34(3)27-37(6)48(58)49(65-10)47(57)36(5)26-32/h11-13,16-17,27,32,34-36,38-41,43-46,48-49,55,58,62H,14-15,18-26,28-31H2,1-10H3/b13-11-,16-12-,33-17-,37-27-/t32-,34-,35-,36-,38-,39+,40+,41+,43+,44+,45+,46-,48-,49+,53-/m1/s1. The molecule has 15 atom stereocenters. The number of ether oxygens (including phenoxy) is 6. The highest BCUT2D eigenvalue weighted by atomic mass is 16.6. The lowest BCUT2D eigenvalue weighted by molar-refractivity contribution is -0.265. The van der Waals surface area contributed by atoms with Crippen LogP contribution in [0.3, 0.4) is 0 Å². The van der Waals surface area contributed by atoms with E-state index in [0.717, 1.165) is 12.0 Å². The summed E-state index contributed by atoms with van der Waals surface area (Å²) in [6, 6.07) is -1.14. The summed E-state index contributed by atoms with van der Waals surface area (Å²) in [5, 5.41) is 32.8. The van der Waals surface area contributed by atoms with Crippen molar-refractivity contribution in [2.24, 2.45) is 35.5 Å². The molecule has 15 heteroatoms. The first-order valence-electron chi connectivity index (χ1n) is 25.0. The second kappa shape index (κ2) is 27.3. The average molecular weight is 958 g/mol. The number of fused-ring (bicyclic) bond motifs is 3. The Balaban J connectivity index is 1.70. The van der Waals surface area contributed by atoms with Gasteiger partial charge in [-0.05, 0) is 107 Å². The number of carbonyl (C=O) groups is 5. The third-order valence-corrected chi connectivity index (χ3v) is 14.9. The largest absolute Gasteiger partial charge is 0.460 e. The van der Waals surface area contributed by atoms with E-state index in [-0.39, 0.29) is 74.1 Å². The van der Waals surface area contributed by atoms with E-state index >= 15 is 0 Å². The molecule has 1 amide bonds. The van der Waals surface area contributed by atoms with Crippen LogP contribution in [-0.2, 0) is 52.4 Å². The Morgan fingerprint density at radius 2 is 1.59 bits per heavy atom. The maximum Gasteiger partial charge on any atom is 0.329 e. The SMILES string of the molecule is CO[C@H]1C[C@@H]2CC[C@@H](C)[C@@](O)(O2)C(=O)C(=O)N2CCCC[C@H]2C(=O)O[C@H]([C@H](C)C[C@@H]2CC[C@H](OCCO)[C@H](OC)C2)CC(=O)[C@H](C)/C=C(/C)[C@@H](O)[C@@H](OC)C(=O)[C@H](C)C[C@H](C)\C=C/C=C\C=C/1C. The van der Waals surface area contributed by atoms with Crippen molar-refractivity contribution in [1.29, 1.82) is 0 Å². The van der Waals surface area contributed by atoms with Crippen molar-refractivity contribution in [3.05, 3.63) is 47.6 Å². The third-order valence-electron chi connectivity index (χ3n) is 14.9. The van der Waals surface area contributed by atoms with Gasteiger partial charge < -0.3 is 48.6 Å². The number of ketones is 3. The van der Waals surface area contributed by atoms with Crippen LogP contribution >= 0.6 is 0 Å². The number of cyclic esters (lactones) is 1. The maximum atomic E-state index is 14.5. The van der Waals surface area contributed by atoms with Gasteiger partial charge >= 0.3 is 5.97 Å². The number of amides is 1. The molecule has 68 heavy (non-hydrogen) atoms. The topological polar surface area (TPSA) is 205 Å². The second-order valence-corrected chi connectivity index (χ2v) is 20.2. The minimum atomic E-state index is -2.43. The molecule has 2 bridgehead atoms. The highest BCUT2D eigenvalue weighted by Crippen LogP contribution is 2.38. The van der Waals surface area contributed by atoms with E-state index in [2.05, 4.69) is 0 Å². The number of rotatable bonds is 9. The van der Waals surface area contributed by atoms with Crippen molar-refractivity contribution in [3.8, 4) is 0 Å². The molecule has 3 N–H and O–H groups in total. The lowest BCUT2D eigenvalue weighted by Gasteiger charge is -2.42. The predicted octanol–water partition coefficient (Wildman–Crippen LogP) is 6.20. The van der Waals surface area contributed by atoms with Gasteiger partial charge in [-0.1, -0.05) is 71.1 Å². The van der Waals surface area contributed by atoms with Gasteiger partial charge in [0.05, 0.1) is 37.6 Å². The van der Waals surface area contributed by atoms with Gasteiger partial charge in [-0.15, -0.1) is 0 Å². The number of hydrogen-bond acceptors (Lipinski definition) is 14. The summed E-state index contributed by atoms with van der Waals surface area (Å²) in [4.78, 5) is 72.1. The summed E-state index contributed by atoms with van der Waals surface area (Å²) < 4.78 is 35.6. The Kier molecular flexibility index (Phi) is 22.9. The van der Waals surface area contributed by atoms with E-state index < -0.39 is 77.8 Å². The number of aliphatic hydroxyl groups excluding tert-OH is 2. The minimum Gasteiger partial charge on any atom is -0.460 e. The van der Waals surface area contributed by atoms with Crippen molar-refractivity contribution in [3.63, 3.8) is 0 Å². The Hall–Kier alpha value is -3.41. The molecule has 4 aliphatic rings. The zero-order chi connectivity index (χ0) is 50.3. The quantitative estimate of drug-likeness (QED) is 0.134. The molecule has 3 fully saturated rings. The number of methoxy groups -OCH3 is 3. The molecule has 3 heterocycles. The molecule has 384 valence electrons. The zero-order valence-corrected chi connectivity index (χ0v) is 42.4. The fourth-order valence-electron chi connectivity index (χ4n) is 10.5. The molecule has 1 aliphatic carbocycles. The first-order chi connectivity index (χ1) is 32.3. The normalized spacial score (nSPS) is 39.2. The Bertz CT molecular complexity index is 1810. The number of allylic oxidation sites excluding steroid dienone is 6. The maximum absolute atomic E-state index is 14.5. The van der Waals surface area contributed by atoms with Crippen molar-refractivity contribution < 1.29 is 67.7 Å². The van der Waals surface area contributed by atoms with Gasteiger partial charge in [0.1, 0.15) is 30.1 Å². The lowest BCUT2D eigenvalue weighted by atomic mass is 9.78. The number of aliphatic hydroxyl groups is 3. The number of Topliss-reactive ketones (excluding diaryl/α,β-unsaturated/α-hetero) is 3. The molecule has 4 rings (SSSR count). The fraction of sp³-hybridized carbons (Fsp3) is 0.755. The van der Waals surface area contributed by atoms with Gasteiger partial charge in [0.2, 0.25) is 5.79 Å². The van der Waals surface area contributed by atoms with Crippen LogP contribution in [0.25, 0.3) is 0 Å². The van der Waals surface area contributed by atoms with E-state index in [1.807, 2.05) is 58.1 Å². The number of esters is 1. The van der Waals surface area contributed by atoms with Crippen molar-refractivity contribution in [2.75, 3.05) is 41.1 Å². The highest BCUT2D eigenvalue weighted by Gasteiger charge is 2.53. The summed E-state index contributed by atoms with van der Waals surface area (Å²) in [5.74, 6) is -7.96. The molecule has 1 saturated carbocycles. The van der Waals surface area contributed by atoms with Crippen LogP contribution in [-0.4, -0.2) is 145 Å². The second-order valence-electron chi connectivity index (χ2n) is 20.2. The minimum absolute atomic E-state index is 0.0158. The smallest absolute Gasteiger partial charge is 0.329 e. The van der Waals surface area contributed by atoms with E-state index in [9.17, 15) is 39.3 Å². The van der Waals surface area contributed by atoms with E-state index in [0.29, 0.717) is 63.4 Å². The molecular formula is C53H83NO14. The number of carbonyl (C=O) groups excluding carboxylic acids is 5. The third kappa shape index (κ3) is 15.3. The number of piperidine rings is 1. The van der Waals surface area contributed by atoms with E-state index in [1.165, 1.54) is 12.0 Å². The molecule has 0 radical (unpaired) electrons. The van der Waals surface area contributed by atoms with Gasteiger partial charge in [0.25, 0.3) is 11.7 Å². The molecule has 2 saturated heterocycles. The number of hydrogen-bond donors (Lipinski definition) is 3. The van der Waals surface area contributed by atoms with Crippen LogP contribution in [0.5, 0.6) is 0 Å².